The molecule has 0 fully saturated rings. The molecular formula is C15H12O2. The molecule has 2 nitrogen and oxygen atoms in total. The lowest BCUT2D eigenvalue weighted by molar-refractivity contribution is 0.103. The largest absolute Gasteiger partial charge is 0.392 e. The van der Waals surface area contributed by atoms with Crippen molar-refractivity contribution in [2.24, 2.45) is 0 Å². The molecule has 1 aliphatic carbocycles. The molecule has 0 heterocycles. The molecule has 2 aromatic rings. The second-order valence-corrected chi connectivity index (χ2v) is 4.27. The molecular weight excluding hydrogens is 212 g/mol. The van der Waals surface area contributed by atoms with E-state index in [9.17, 15) is 9.90 Å². The predicted octanol–water partition coefficient (Wildman–Crippen LogP) is 2.31. The fourth-order valence-electron chi connectivity index (χ4n) is 2.46. The number of rotatable bonds is 1. The van der Waals surface area contributed by atoms with Gasteiger partial charge < -0.3 is 5.11 Å². The fraction of sp³-hybridized carbons (Fsp3) is 0.133. The van der Waals surface area contributed by atoms with Gasteiger partial charge in [0.15, 0.2) is 5.78 Å². The van der Waals surface area contributed by atoms with Crippen LogP contribution in [0.4, 0.5) is 0 Å². The SMILES string of the molecule is O=C1c2ccccc2Cc2cccc(CO)c21. The van der Waals surface area contributed by atoms with Crippen LogP contribution in [-0.4, -0.2) is 10.9 Å². The molecule has 0 aromatic heterocycles. The first-order chi connectivity index (χ1) is 8.31. The summed E-state index contributed by atoms with van der Waals surface area (Å²) in [6.07, 6.45) is 0.769. The maximum Gasteiger partial charge on any atom is 0.193 e. The summed E-state index contributed by atoms with van der Waals surface area (Å²) in [5.41, 5.74) is 4.26. The molecule has 0 atom stereocenters. The van der Waals surface area contributed by atoms with Gasteiger partial charge in [-0.3, -0.25) is 4.79 Å². The fourth-order valence-corrected chi connectivity index (χ4v) is 2.46. The molecule has 2 heteroatoms. The second-order valence-electron chi connectivity index (χ2n) is 4.27. The van der Waals surface area contributed by atoms with E-state index in [0.717, 1.165) is 28.7 Å². The molecule has 0 bridgehead atoms. The summed E-state index contributed by atoms with van der Waals surface area (Å²) in [6, 6.07) is 13.3. The lowest BCUT2D eigenvalue weighted by Crippen LogP contribution is -2.17. The van der Waals surface area contributed by atoms with Crippen LogP contribution in [0.3, 0.4) is 0 Å². The smallest absolute Gasteiger partial charge is 0.193 e. The number of carbonyl (C=O) groups excluding carboxylic acids is 1. The van der Waals surface area contributed by atoms with Crippen LogP contribution < -0.4 is 0 Å². The van der Waals surface area contributed by atoms with Gasteiger partial charge in [-0.05, 0) is 23.1 Å². The molecule has 2 aromatic carbocycles. The summed E-state index contributed by atoms with van der Waals surface area (Å²) in [5, 5.41) is 9.31. The molecule has 0 spiro atoms. The lowest BCUT2D eigenvalue weighted by atomic mass is 9.83. The summed E-state index contributed by atoms with van der Waals surface area (Å²) in [7, 11) is 0. The van der Waals surface area contributed by atoms with E-state index in [0.29, 0.717) is 5.56 Å². The van der Waals surface area contributed by atoms with Crippen molar-refractivity contribution in [3.05, 3.63) is 70.3 Å². The van der Waals surface area contributed by atoms with Gasteiger partial charge in [0.2, 0.25) is 0 Å². The normalized spacial score (nSPS) is 13.1. The van der Waals surface area contributed by atoms with Gasteiger partial charge in [0.1, 0.15) is 0 Å². The molecule has 0 saturated carbocycles. The Hall–Kier alpha value is -1.93. The summed E-state index contributed by atoms with van der Waals surface area (Å²) in [6.45, 7) is -0.0862. The van der Waals surface area contributed by atoms with Crippen LogP contribution >= 0.6 is 0 Å². The number of aliphatic hydroxyl groups is 1. The Labute approximate surface area is 99.5 Å². The molecule has 84 valence electrons. The Morgan fingerprint density at radius 3 is 2.59 bits per heavy atom. The van der Waals surface area contributed by atoms with E-state index in [1.165, 1.54) is 0 Å². The Balaban J connectivity index is 2.24. The van der Waals surface area contributed by atoms with Crippen molar-refractivity contribution >= 4 is 5.78 Å². The highest BCUT2D eigenvalue weighted by molar-refractivity contribution is 6.13. The Bertz CT molecular complexity index is 600. The Morgan fingerprint density at radius 1 is 1.00 bits per heavy atom. The molecule has 0 amide bonds. The van der Waals surface area contributed by atoms with Gasteiger partial charge in [0.05, 0.1) is 6.61 Å². The third-order valence-corrected chi connectivity index (χ3v) is 3.28. The van der Waals surface area contributed by atoms with Gasteiger partial charge in [0, 0.05) is 11.1 Å². The molecule has 1 aliphatic rings. The zero-order valence-electron chi connectivity index (χ0n) is 9.31. The first kappa shape index (κ1) is 10.2. The summed E-state index contributed by atoms with van der Waals surface area (Å²) < 4.78 is 0. The zero-order chi connectivity index (χ0) is 11.8. The van der Waals surface area contributed by atoms with Crippen molar-refractivity contribution in [3.8, 4) is 0 Å². The first-order valence-corrected chi connectivity index (χ1v) is 5.65. The topological polar surface area (TPSA) is 37.3 Å². The summed E-state index contributed by atoms with van der Waals surface area (Å²) >= 11 is 0. The molecule has 0 aliphatic heterocycles. The quantitative estimate of drug-likeness (QED) is 0.688. The highest BCUT2D eigenvalue weighted by Crippen LogP contribution is 2.29. The standard InChI is InChI=1S/C15H12O2/c16-9-12-6-3-5-11-8-10-4-1-2-7-13(10)15(17)14(11)12/h1-7,16H,8-9H2. The second kappa shape index (κ2) is 3.82. The van der Waals surface area contributed by atoms with Crippen molar-refractivity contribution in [3.63, 3.8) is 0 Å². The van der Waals surface area contributed by atoms with Crippen molar-refractivity contribution < 1.29 is 9.90 Å². The Kier molecular flexibility index (Phi) is 2.30. The highest BCUT2D eigenvalue weighted by Gasteiger charge is 2.24. The van der Waals surface area contributed by atoms with Crippen LogP contribution in [0.2, 0.25) is 0 Å². The molecule has 17 heavy (non-hydrogen) atoms. The van der Waals surface area contributed by atoms with Crippen LogP contribution in [0, 0.1) is 0 Å². The van der Waals surface area contributed by atoms with Crippen LogP contribution in [0.5, 0.6) is 0 Å². The van der Waals surface area contributed by atoms with E-state index >= 15 is 0 Å². The third kappa shape index (κ3) is 1.49. The minimum atomic E-state index is -0.0862. The van der Waals surface area contributed by atoms with Crippen LogP contribution in [-0.2, 0) is 13.0 Å². The van der Waals surface area contributed by atoms with Gasteiger partial charge in [-0.15, -0.1) is 0 Å². The Morgan fingerprint density at radius 2 is 1.76 bits per heavy atom. The average Bonchev–Trinajstić information content (AvgIpc) is 2.38. The number of hydrogen-bond donors (Lipinski definition) is 1. The van der Waals surface area contributed by atoms with Crippen molar-refractivity contribution in [2.45, 2.75) is 13.0 Å². The van der Waals surface area contributed by atoms with Gasteiger partial charge in [0.25, 0.3) is 0 Å². The van der Waals surface area contributed by atoms with Gasteiger partial charge in [-0.2, -0.15) is 0 Å². The number of carbonyl (C=O) groups is 1. The van der Waals surface area contributed by atoms with Crippen LogP contribution in [0.1, 0.15) is 32.6 Å². The van der Waals surface area contributed by atoms with Crippen molar-refractivity contribution in [1.82, 2.24) is 0 Å². The minimum absolute atomic E-state index is 0.0338. The number of aliphatic hydroxyl groups excluding tert-OH is 1. The first-order valence-electron chi connectivity index (χ1n) is 5.65. The lowest BCUT2D eigenvalue weighted by Gasteiger charge is -2.20. The molecule has 0 radical (unpaired) electrons. The van der Waals surface area contributed by atoms with E-state index < -0.39 is 0 Å². The number of hydrogen-bond acceptors (Lipinski definition) is 2. The van der Waals surface area contributed by atoms with Crippen molar-refractivity contribution in [1.29, 1.82) is 0 Å². The average molecular weight is 224 g/mol. The monoisotopic (exact) mass is 224 g/mol. The number of fused-ring (bicyclic) bond motifs is 2. The predicted molar refractivity (Wildman–Crippen MR) is 65.0 cm³/mol. The summed E-state index contributed by atoms with van der Waals surface area (Å²) in [5.74, 6) is 0.0338. The maximum atomic E-state index is 12.4. The molecule has 0 saturated heterocycles. The van der Waals surface area contributed by atoms with E-state index in [1.807, 2.05) is 42.5 Å². The van der Waals surface area contributed by atoms with Crippen LogP contribution in [0.25, 0.3) is 0 Å². The zero-order valence-corrected chi connectivity index (χ0v) is 9.31. The minimum Gasteiger partial charge on any atom is -0.392 e. The molecule has 0 unspecified atom stereocenters. The number of ketones is 1. The van der Waals surface area contributed by atoms with Gasteiger partial charge >= 0.3 is 0 Å². The van der Waals surface area contributed by atoms with Crippen LogP contribution in [0.15, 0.2) is 42.5 Å². The molecule has 3 rings (SSSR count). The number of benzene rings is 2. The van der Waals surface area contributed by atoms with E-state index in [-0.39, 0.29) is 12.4 Å². The third-order valence-electron chi connectivity index (χ3n) is 3.28. The molecule has 1 N–H and O–H groups in total. The van der Waals surface area contributed by atoms with E-state index in [1.54, 1.807) is 0 Å². The van der Waals surface area contributed by atoms with E-state index in [2.05, 4.69) is 0 Å². The van der Waals surface area contributed by atoms with Gasteiger partial charge in [-0.1, -0.05) is 42.5 Å². The summed E-state index contributed by atoms with van der Waals surface area (Å²) in [4.78, 5) is 12.4. The van der Waals surface area contributed by atoms with Gasteiger partial charge in [-0.25, -0.2) is 0 Å². The van der Waals surface area contributed by atoms with E-state index in [4.69, 9.17) is 0 Å². The maximum absolute atomic E-state index is 12.4. The highest BCUT2D eigenvalue weighted by atomic mass is 16.3. The van der Waals surface area contributed by atoms with Crippen molar-refractivity contribution in [2.75, 3.05) is 0 Å².